The van der Waals surface area contributed by atoms with Gasteiger partial charge < -0.3 is 10.6 Å². The highest BCUT2D eigenvalue weighted by Crippen LogP contribution is 2.30. The summed E-state index contributed by atoms with van der Waals surface area (Å²) in [4.78, 5) is 14.5. The van der Waals surface area contributed by atoms with Crippen molar-refractivity contribution in [2.75, 3.05) is 32.7 Å². The molecule has 0 aromatic carbocycles. The number of amides is 1. The maximum absolute atomic E-state index is 13.1. The predicted molar refractivity (Wildman–Crippen MR) is 98.4 cm³/mol. The van der Waals surface area contributed by atoms with E-state index in [-0.39, 0.29) is 11.8 Å². The van der Waals surface area contributed by atoms with Crippen molar-refractivity contribution in [3.8, 4) is 0 Å². The van der Waals surface area contributed by atoms with Crippen molar-refractivity contribution in [2.45, 2.75) is 63.0 Å². The number of piperidine rings is 2. The first-order valence-corrected chi connectivity index (χ1v) is 11.5. The molecule has 0 aromatic heterocycles. The summed E-state index contributed by atoms with van der Waals surface area (Å²) in [5.74, 6) is 0.704. The molecule has 3 aliphatic rings. The van der Waals surface area contributed by atoms with Gasteiger partial charge in [0, 0.05) is 32.1 Å². The van der Waals surface area contributed by atoms with E-state index >= 15 is 0 Å². The van der Waals surface area contributed by atoms with Gasteiger partial charge in [-0.15, -0.1) is 0 Å². The first-order chi connectivity index (χ1) is 12.0. The molecular formula is C18H33N3O3S. The van der Waals surface area contributed by atoms with Crippen molar-refractivity contribution in [3.05, 3.63) is 0 Å². The van der Waals surface area contributed by atoms with Crippen molar-refractivity contribution < 1.29 is 13.2 Å². The van der Waals surface area contributed by atoms with E-state index in [2.05, 4.69) is 0 Å². The van der Waals surface area contributed by atoms with Crippen LogP contribution in [0.3, 0.4) is 0 Å². The molecule has 0 bridgehead atoms. The van der Waals surface area contributed by atoms with Crippen LogP contribution in [0.4, 0.5) is 0 Å². The summed E-state index contributed by atoms with van der Waals surface area (Å²) in [6.45, 7) is 2.95. The normalized spacial score (nSPS) is 29.9. The van der Waals surface area contributed by atoms with Crippen molar-refractivity contribution in [1.29, 1.82) is 0 Å². The molecule has 1 saturated carbocycles. The fraction of sp³-hybridized carbons (Fsp3) is 0.944. The van der Waals surface area contributed by atoms with E-state index in [1.807, 2.05) is 4.90 Å². The van der Waals surface area contributed by atoms with E-state index in [4.69, 9.17) is 5.73 Å². The van der Waals surface area contributed by atoms with E-state index < -0.39 is 15.3 Å². The zero-order valence-electron chi connectivity index (χ0n) is 15.2. The number of rotatable bonds is 5. The zero-order valence-corrected chi connectivity index (χ0v) is 16.1. The predicted octanol–water partition coefficient (Wildman–Crippen LogP) is 1.56. The van der Waals surface area contributed by atoms with Gasteiger partial charge in [-0.2, -0.15) is 0 Å². The molecule has 2 saturated heterocycles. The maximum Gasteiger partial charge on any atom is 0.225 e. The van der Waals surface area contributed by atoms with Gasteiger partial charge in [0.15, 0.2) is 0 Å². The van der Waals surface area contributed by atoms with E-state index in [9.17, 15) is 13.2 Å². The van der Waals surface area contributed by atoms with Crippen LogP contribution in [0.5, 0.6) is 0 Å². The molecule has 3 rings (SSSR count). The van der Waals surface area contributed by atoms with Crippen LogP contribution < -0.4 is 5.73 Å². The fourth-order valence-corrected chi connectivity index (χ4v) is 6.81. The van der Waals surface area contributed by atoms with Crippen LogP contribution in [0.15, 0.2) is 0 Å². The Labute approximate surface area is 152 Å². The summed E-state index contributed by atoms with van der Waals surface area (Å²) in [5.41, 5.74) is 5.66. The lowest BCUT2D eigenvalue weighted by molar-refractivity contribution is -0.136. The lowest BCUT2D eigenvalue weighted by Gasteiger charge is -2.38. The van der Waals surface area contributed by atoms with E-state index in [0.29, 0.717) is 38.5 Å². The maximum atomic E-state index is 13.1. The molecule has 1 aliphatic carbocycles. The molecule has 0 spiro atoms. The molecule has 3 fully saturated rings. The lowest BCUT2D eigenvalue weighted by atomic mass is 9.96. The number of nitrogens with two attached hydrogens (primary N) is 1. The topological polar surface area (TPSA) is 83.7 Å². The van der Waals surface area contributed by atoms with Crippen LogP contribution in [0.2, 0.25) is 0 Å². The third-order valence-corrected chi connectivity index (χ3v) is 8.51. The summed E-state index contributed by atoms with van der Waals surface area (Å²) in [6, 6.07) is 0. The van der Waals surface area contributed by atoms with Crippen molar-refractivity contribution in [1.82, 2.24) is 9.21 Å². The molecule has 7 heteroatoms. The molecule has 2 atom stereocenters. The average Bonchev–Trinajstić information content (AvgIpc) is 3.16. The van der Waals surface area contributed by atoms with Crippen LogP contribution in [0, 0.1) is 11.8 Å². The summed E-state index contributed by atoms with van der Waals surface area (Å²) in [6.07, 6.45) is 8.55. The molecule has 0 radical (unpaired) electrons. The van der Waals surface area contributed by atoms with Gasteiger partial charge in [-0.3, -0.25) is 4.79 Å². The summed E-state index contributed by atoms with van der Waals surface area (Å²) in [5, 5.41) is -0.428. The largest absolute Gasteiger partial charge is 0.341 e. The molecule has 25 heavy (non-hydrogen) atoms. The minimum Gasteiger partial charge on any atom is -0.341 e. The highest BCUT2D eigenvalue weighted by Gasteiger charge is 2.39. The van der Waals surface area contributed by atoms with Crippen LogP contribution in [-0.2, 0) is 14.8 Å². The van der Waals surface area contributed by atoms with Gasteiger partial charge in [-0.05, 0) is 57.4 Å². The van der Waals surface area contributed by atoms with Gasteiger partial charge in [0.1, 0.15) is 0 Å². The average molecular weight is 372 g/mol. The second-order valence-corrected chi connectivity index (χ2v) is 10.2. The van der Waals surface area contributed by atoms with Crippen LogP contribution >= 0.6 is 0 Å². The van der Waals surface area contributed by atoms with Gasteiger partial charge in [0.25, 0.3) is 0 Å². The van der Waals surface area contributed by atoms with E-state index in [1.54, 1.807) is 4.31 Å². The van der Waals surface area contributed by atoms with Gasteiger partial charge in [-0.1, -0.05) is 12.8 Å². The van der Waals surface area contributed by atoms with Crippen molar-refractivity contribution >= 4 is 15.9 Å². The molecule has 2 heterocycles. The van der Waals surface area contributed by atoms with E-state index in [1.165, 1.54) is 0 Å². The fourth-order valence-electron chi connectivity index (χ4n) is 4.75. The number of sulfonamides is 1. The Kier molecular flexibility index (Phi) is 6.39. The first-order valence-electron chi connectivity index (χ1n) is 10.00. The van der Waals surface area contributed by atoms with Crippen LogP contribution in [-0.4, -0.2) is 61.5 Å². The molecule has 144 valence electrons. The standard InChI is InChI=1S/C18H33N3O3S/c19-10-9-15-5-3-12-21(13-15)25(23,24)17-8-4-11-20(14-17)18(22)16-6-1-2-7-16/h15-17H,1-14,19H2. The number of likely N-dealkylation sites (tertiary alicyclic amines) is 1. The van der Waals surface area contributed by atoms with Gasteiger partial charge in [0.05, 0.1) is 5.25 Å². The highest BCUT2D eigenvalue weighted by atomic mass is 32.2. The Balaban J connectivity index is 1.64. The molecule has 1 amide bonds. The Hall–Kier alpha value is -0.660. The summed E-state index contributed by atoms with van der Waals surface area (Å²) < 4.78 is 28.0. The monoisotopic (exact) mass is 371 g/mol. The molecule has 0 aromatic rings. The second-order valence-electron chi connectivity index (χ2n) is 8.02. The van der Waals surface area contributed by atoms with Crippen molar-refractivity contribution in [2.24, 2.45) is 17.6 Å². The van der Waals surface area contributed by atoms with Crippen molar-refractivity contribution in [3.63, 3.8) is 0 Å². The van der Waals surface area contributed by atoms with Gasteiger partial charge >= 0.3 is 0 Å². The lowest BCUT2D eigenvalue weighted by Crippen LogP contribution is -2.52. The summed E-state index contributed by atoms with van der Waals surface area (Å²) >= 11 is 0. The number of carbonyl (C=O) groups excluding carboxylic acids is 1. The van der Waals surface area contributed by atoms with Gasteiger partial charge in [0.2, 0.25) is 15.9 Å². The number of nitrogens with zero attached hydrogens (tertiary/aromatic N) is 2. The molecule has 6 nitrogen and oxygen atoms in total. The third kappa shape index (κ3) is 4.37. The SMILES string of the molecule is NCCC1CCCN(S(=O)(=O)C2CCCN(C(=O)C3CCCC3)C2)C1. The molecule has 2 N–H and O–H groups in total. The number of hydrogen-bond donors (Lipinski definition) is 1. The number of carbonyl (C=O) groups is 1. The smallest absolute Gasteiger partial charge is 0.225 e. The Bertz CT molecular complexity index is 558. The zero-order chi connectivity index (χ0) is 17.9. The summed E-state index contributed by atoms with van der Waals surface area (Å²) in [7, 11) is -3.33. The quantitative estimate of drug-likeness (QED) is 0.795. The minimum absolute atomic E-state index is 0.130. The molecular weight excluding hydrogens is 338 g/mol. The first kappa shape index (κ1) is 19.1. The molecule has 2 aliphatic heterocycles. The Morgan fingerprint density at radius 1 is 0.960 bits per heavy atom. The third-order valence-electron chi connectivity index (χ3n) is 6.23. The van der Waals surface area contributed by atoms with E-state index in [0.717, 1.165) is 57.9 Å². The number of hydrogen-bond acceptors (Lipinski definition) is 4. The second kappa shape index (κ2) is 8.35. The Morgan fingerprint density at radius 2 is 1.68 bits per heavy atom. The minimum atomic E-state index is -3.33. The van der Waals surface area contributed by atoms with Crippen LogP contribution in [0.25, 0.3) is 0 Å². The van der Waals surface area contributed by atoms with Crippen LogP contribution in [0.1, 0.15) is 57.8 Å². The molecule has 2 unspecified atom stereocenters. The highest BCUT2D eigenvalue weighted by molar-refractivity contribution is 7.89. The Morgan fingerprint density at radius 3 is 2.40 bits per heavy atom. The van der Waals surface area contributed by atoms with Gasteiger partial charge in [-0.25, -0.2) is 12.7 Å².